The van der Waals surface area contributed by atoms with Gasteiger partial charge in [-0.05, 0) is 29.9 Å². The van der Waals surface area contributed by atoms with Crippen molar-refractivity contribution in [1.82, 2.24) is 0 Å². The third-order valence-corrected chi connectivity index (χ3v) is 3.87. The monoisotopic (exact) mass is 270 g/mol. The number of hydrogen-bond acceptors (Lipinski definition) is 3. The van der Waals surface area contributed by atoms with Crippen molar-refractivity contribution in [3.63, 3.8) is 0 Å². The SMILES string of the molecule is CCC(C)CSCC(=O)Nc1cc(N)ccc1F. The fourth-order valence-corrected chi connectivity index (χ4v) is 2.31. The number of halogens is 1. The van der Waals surface area contributed by atoms with E-state index in [1.54, 1.807) is 11.8 Å². The second-order valence-corrected chi connectivity index (χ2v) is 5.35. The fourth-order valence-electron chi connectivity index (χ4n) is 1.30. The Morgan fingerprint density at radius 3 is 2.94 bits per heavy atom. The first-order chi connectivity index (χ1) is 8.52. The van der Waals surface area contributed by atoms with E-state index in [0.717, 1.165) is 12.2 Å². The lowest BCUT2D eigenvalue weighted by molar-refractivity contribution is -0.113. The van der Waals surface area contributed by atoms with E-state index in [-0.39, 0.29) is 11.6 Å². The van der Waals surface area contributed by atoms with Crippen LogP contribution in [0.5, 0.6) is 0 Å². The van der Waals surface area contributed by atoms with Gasteiger partial charge in [0, 0.05) is 5.69 Å². The quantitative estimate of drug-likeness (QED) is 0.781. The molecule has 3 N–H and O–H groups in total. The molecule has 0 fully saturated rings. The molecule has 3 nitrogen and oxygen atoms in total. The summed E-state index contributed by atoms with van der Waals surface area (Å²) < 4.78 is 13.4. The first kappa shape index (κ1) is 14.8. The lowest BCUT2D eigenvalue weighted by atomic mass is 10.2. The predicted octanol–water partition coefficient (Wildman–Crippen LogP) is 3.13. The number of amides is 1. The standard InChI is InChI=1S/C13H19FN2OS/c1-3-9(2)7-18-8-13(17)16-12-6-10(15)4-5-11(12)14/h4-6,9H,3,7-8,15H2,1-2H3,(H,16,17). The average molecular weight is 270 g/mol. The number of thioether (sulfide) groups is 1. The van der Waals surface area contributed by atoms with E-state index in [1.807, 2.05) is 0 Å². The van der Waals surface area contributed by atoms with Gasteiger partial charge in [0.1, 0.15) is 5.82 Å². The molecule has 0 heterocycles. The molecule has 5 heteroatoms. The van der Waals surface area contributed by atoms with Crippen LogP contribution in [0.4, 0.5) is 15.8 Å². The van der Waals surface area contributed by atoms with Crippen molar-refractivity contribution >= 4 is 29.0 Å². The van der Waals surface area contributed by atoms with E-state index in [0.29, 0.717) is 17.4 Å². The van der Waals surface area contributed by atoms with E-state index in [9.17, 15) is 9.18 Å². The molecule has 0 aliphatic carbocycles. The van der Waals surface area contributed by atoms with Crippen LogP contribution in [0.15, 0.2) is 18.2 Å². The first-order valence-electron chi connectivity index (χ1n) is 5.95. The number of carbonyl (C=O) groups excluding carboxylic acids is 1. The second-order valence-electron chi connectivity index (χ2n) is 4.32. The van der Waals surface area contributed by atoms with Gasteiger partial charge in [0.2, 0.25) is 5.91 Å². The minimum absolute atomic E-state index is 0.143. The molecule has 0 aromatic heterocycles. The Labute approximate surface area is 111 Å². The van der Waals surface area contributed by atoms with Crippen LogP contribution in [0.25, 0.3) is 0 Å². The summed E-state index contributed by atoms with van der Waals surface area (Å²) in [7, 11) is 0. The van der Waals surface area contributed by atoms with Gasteiger partial charge in [-0.2, -0.15) is 11.8 Å². The second kappa shape index (κ2) is 7.26. The maximum atomic E-state index is 13.4. The smallest absolute Gasteiger partial charge is 0.234 e. The number of rotatable bonds is 6. The van der Waals surface area contributed by atoms with E-state index in [1.165, 1.54) is 18.2 Å². The number of anilines is 2. The van der Waals surface area contributed by atoms with Crippen molar-refractivity contribution < 1.29 is 9.18 Å². The predicted molar refractivity (Wildman–Crippen MR) is 76.2 cm³/mol. The van der Waals surface area contributed by atoms with Crippen molar-refractivity contribution in [1.29, 1.82) is 0 Å². The number of hydrogen-bond donors (Lipinski definition) is 2. The van der Waals surface area contributed by atoms with Gasteiger partial charge in [0.15, 0.2) is 0 Å². The molecule has 0 bridgehead atoms. The Kier molecular flexibility index (Phi) is 5.98. The van der Waals surface area contributed by atoms with E-state index in [2.05, 4.69) is 19.2 Å². The summed E-state index contributed by atoms with van der Waals surface area (Å²) in [5, 5.41) is 2.53. The zero-order valence-electron chi connectivity index (χ0n) is 10.7. The highest BCUT2D eigenvalue weighted by Gasteiger charge is 2.08. The summed E-state index contributed by atoms with van der Waals surface area (Å²) in [5.41, 5.74) is 6.11. The molecule has 0 spiro atoms. The highest BCUT2D eigenvalue weighted by Crippen LogP contribution is 2.18. The first-order valence-corrected chi connectivity index (χ1v) is 7.11. The highest BCUT2D eigenvalue weighted by molar-refractivity contribution is 7.99. The van der Waals surface area contributed by atoms with Crippen molar-refractivity contribution in [2.75, 3.05) is 22.6 Å². The Morgan fingerprint density at radius 2 is 2.28 bits per heavy atom. The molecule has 1 amide bonds. The Morgan fingerprint density at radius 1 is 1.56 bits per heavy atom. The molecule has 0 saturated carbocycles. The van der Waals surface area contributed by atoms with E-state index in [4.69, 9.17) is 5.73 Å². The van der Waals surface area contributed by atoms with Crippen LogP contribution in [-0.2, 0) is 4.79 Å². The maximum absolute atomic E-state index is 13.4. The molecule has 1 aromatic carbocycles. The molecule has 0 aliphatic heterocycles. The van der Waals surface area contributed by atoms with Crippen LogP contribution in [-0.4, -0.2) is 17.4 Å². The van der Waals surface area contributed by atoms with Gasteiger partial charge in [-0.3, -0.25) is 4.79 Å². The molecule has 0 radical (unpaired) electrons. The molecule has 0 aliphatic rings. The van der Waals surface area contributed by atoms with Gasteiger partial charge < -0.3 is 11.1 Å². The van der Waals surface area contributed by atoms with Crippen molar-refractivity contribution in [2.45, 2.75) is 20.3 Å². The molecule has 100 valence electrons. The average Bonchev–Trinajstić information content (AvgIpc) is 2.33. The topological polar surface area (TPSA) is 55.1 Å². The van der Waals surface area contributed by atoms with Crippen LogP contribution in [0.2, 0.25) is 0 Å². The largest absolute Gasteiger partial charge is 0.399 e. The maximum Gasteiger partial charge on any atom is 0.234 e. The molecule has 1 rings (SSSR count). The normalized spacial score (nSPS) is 12.2. The van der Waals surface area contributed by atoms with Crippen LogP contribution in [0.1, 0.15) is 20.3 Å². The molecular weight excluding hydrogens is 251 g/mol. The molecule has 18 heavy (non-hydrogen) atoms. The van der Waals surface area contributed by atoms with Crippen molar-refractivity contribution in [3.8, 4) is 0 Å². The number of carbonyl (C=O) groups is 1. The van der Waals surface area contributed by atoms with Crippen LogP contribution < -0.4 is 11.1 Å². The van der Waals surface area contributed by atoms with Gasteiger partial charge in [-0.15, -0.1) is 0 Å². The Bertz CT molecular complexity index is 412. The molecule has 1 atom stereocenters. The Balaban J connectivity index is 2.42. The molecule has 1 aromatic rings. The van der Waals surface area contributed by atoms with Crippen LogP contribution in [0, 0.1) is 11.7 Å². The number of nitrogens with one attached hydrogen (secondary N) is 1. The van der Waals surface area contributed by atoms with Gasteiger partial charge in [0.05, 0.1) is 11.4 Å². The summed E-state index contributed by atoms with van der Waals surface area (Å²) in [4.78, 5) is 11.6. The van der Waals surface area contributed by atoms with Gasteiger partial charge in [-0.1, -0.05) is 20.3 Å². The van der Waals surface area contributed by atoms with E-state index < -0.39 is 5.82 Å². The van der Waals surface area contributed by atoms with Gasteiger partial charge in [0.25, 0.3) is 0 Å². The van der Waals surface area contributed by atoms with Crippen molar-refractivity contribution in [3.05, 3.63) is 24.0 Å². The third kappa shape index (κ3) is 4.96. The molecule has 0 saturated heterocycles. The fraction of sp³-hybridized carbons (Fsp3) is 0.462. The number of nitrogens with two attached hydrogens (primary N) is 1. The minimum Gasteiger partial charge on any atom is -0.399 e. The van der Waals surface area contributed by atoms with Gasteiger partial charge in [-0.25, -0.2) is 4.39 Å². The lowest BCUT2D eigenvalue weighted by Gasteiger charge is -2.09. The number of nitrogen functional groups attached to an aromatic ring is 1. The van der Waals surface area contributed by atoms with Crippen LogP contribution >= 0.6 is 11.8 Å². The summed E-state index contributed by atoms with van der Waals surface area (Å²) in [6, 6.07) is 4.13. The zero-order chi connectivity index (χ0) is 13.5. The summed E-state index contributed by atoms with van der Waals surface area (Å²) >= 11 is 1.56. The summed E-state index contributed by atoms with van der Waals surface area (Å²) in [6.07, 6.45) is 1.10. The zero-order valence-corrected chi connectivity index (χ0v) is 11.5. The summed E-state index contributed by atoms with van der Waals surface area (Å²) in [6.45, 7) is 4.26. The minimum atomic E-state index is -0.468. The van der Waals surface area contributed by atoms with Crippen LogP contribution in [0.3, 0.4) is 0 Å². The van der Waals surface area contributed by atoms with E-state index >= 15 is 0 Å². The van der Waals surface area contributed by atoms with Crippen molar-refractivity contribution in [2.24, 2.45) is 5.92 Å². The number of benzene rings is 1. The molecule has 1 unspecified atom stereocenters. The molecular formula is C13H19FN2OS. The van der Waals surface area contributed by atoms with Gasteiger partial charge >= 0.3 is 0 Å². The summed E-state index contributed by atoms with van der Waals surface area (Å²) in [5.74, 6) is 1.19. The Hall–Kier alpha value is -1.23. The highest BCUT2D eigenvalue weighted by atomic mass is 32.2. The third-order valence-electron chi connectivity index (χ3n) is 2.60. The lowest BCUT2D eigenvalue weighted by Crippen LogP contribution is -2.16.